The molecule has 0 spiro atoms. The third-order valence-electron chi connectivity index (χ3n) is 3.27. The van der Waals surface area contributed by atoms with Gasteiger partial charge in [0.15, 0.2) is 0 Å². The summed E-state index contributed by atoms with van der Waals surface area (Å²) in [5.41, 5.74) is 0.900. The third-order valence-corrected chi connectivity index (χ3v) is 3.51. The highest BCUT2D eigenvalue weighted by molar-refractivity contribution is 6.30. The van der Waals surface area contributed by atoms with Crippen LogP contribution in [0.3, 0.4) is 0 Å². The van der Waals surface area contributed by atoms with Gasteiger partial charge in [0.25, 0.3) is 0 Å². The number of nitrogens with zero attached hydrogens (tertiary/aromatic N) is 1. The van der Waals surface area contributed by atoms with Gasteiger partial charge in [-0.2, -0.15) is 0 Å². The van der Waals surface area contributed by atoms with Gasteiger partial charge in [0.05, 0.1) is 31.8 Å². The first kappa shape index (κ1) is 14.3. The van der Waals surface area contributed by atoms with Crippen LogP contribution in [0, 0.1) is 0 Å². The zero-order chi connectivity index (χ0) is 13.8. The Kier molecular flexibility index (Phi) is 4.80. The fourth-order valence-electron chi connectivity index (χ4n) is 2.20. The molecule has 5 heteroatoms. The predicted octanol–water partition coefficient (Wildman–Crippen LogP) is 1.49. The maximum atomic E-state index is 12.3. The Labute approximate surface area is 117 Å². The smallest absolute Gasteiger partial charge is 0.227 e. The maximum absolute atomic E-state index is 12.3. The molecule has 2 atom stereocenters. The molecule has 1 aromatic rings. The van der Waals surface area contributed by atoms with Crippen LogP contribution < -0.4 is 0 Å². The molecule has 1 N–H and O–H groups in total. The largest absolute Gasteiger partial charge is 0.394 e. The molecule has 0 aromatic heterocycles. The van der Waals surface area contributed by atoms with Crippen molar-refractivity contribution in [1.29, 1.82) is 0 Å². The number of halogens is 1. The second kappa shape index (κ2) is 6.37. The highest BCUT2D eigenvalue weighted by Crippen LogP contribution is 2.16. The molecule has 19 heavy (non-hydrogen) atoms. The summed E-state index contributed by atoms with van der Waals surface area (Å²) in [6.45, 7) is 2.79. The van der Waals surface area contributed by atoms with E-state index in [-0.39, 0.29) is 24.7 Å². The van der Waals surface area contributed by atoms with Gasteiger partial charge in [-0.15, -0.1) is 0 Å². The zero-order valence-corrected chi connectivity index (χ0v) is 11.6. The first-order chi connectivity index (χ1) is 9.10. The average Bonchev–Trinajstić information content (AvgIpc) is 2.39. The summed E-state index contributed by atoms with van der Waals surface area (Å²) in [4.78, 5) is 14.1. The standard InChI is InChI=1S/C14H18ClNO3/c1-10-9-19-13(8-17)7-16(10)14(18)6-11-3-2-4-12(15)5-11/h2-5,10,13,17H,6-9H2,1H3. The van der Waals surface area contributed by atoms with Gasteiger partial charge in [-0.1, -0.05) is 23.7 Å². The fourth-order valence-corrected chi connectivity index (χ4v) is 2.41. The van der Waals surface area contributed by atoms with Gasteiger partial charge < -0.3 is 14.7 Å². The Hall–Kier alpha value is -1.10. The van der Waals surface area contributed by atoms with Crippen molar-refractivity contribution in [3.05, 3.63) is 34.9 Å². The van der Waals surface area contributed by atoms with E-state index in [1.807, 2.05) is 19.1 Å². The summed E-state index contributed by atoms with van der Waals surface area (Å²) >= 11 is 5.91. The molecule has 0 saturated carbocycles. The quantitative estimate of drug-likeness (QED) is 0.914. The summed E-state index contributed by atoms with van der Waals surface area (Å²) in [6, 6.07) is 7.35. The molecule has 1 aliphatic rings. The Balaban J connectivity index is 2.02. The normalized spacial score (nSPS) is 23.4. The van der Waals surface area contributed by atoms with E-state index in [0.29, 0.717) is 24.6 Å². The molecule has 0 bridgehead atoms. The Bertz CT molecular complexity index is 452. The van der Waals surface area contributed by atoms with Crippen molar-refractivity contribution in [2.45, 2.75) is 25.5 Å². The summed E-state index contributed by atoms with van der Waals surface area (Å²) in [7, 11) is 0. The molecule has 1 aliphatic heterocycles. The first-order valence-electron chi connectivity index (χ1n) is 6.36. The average molecular weight is 284 g/mol. The fraction of sp³-hybridized carbons (Fsp3) is 0.500. The van der Waals surface area contributed by atoms with Gasteiger partial charge >= 0.3 is 0 Å². The molecule has 1 aromatic carbocycles. The number of aliphatic hydroxyl groups excluding tert-OH is 1. The van der Waals surface area contributed by atoms with Crippen molar-refractivity contribution in [2.75, 3.05) is 19.8 Å². The van der Waals surface area contributed by atoms with Crippen LogP contribution in [-0.4, -0.2) is 47.8 Å². The Morgan fingerprint density at radius 3 is 3.05 bits per heavy atom. The predicted molar refractivity (Wildman–Crippen MR) is 73.2 cm³/mol. The number of hydrogen-bond acceptors (Lipinski definition) is 3. The van der Waals surface area contributed by atoms with Crippen LogP contribution in [0.4, 0.5) is 0 Å². The molecule has 2 unspecified atom stereocenters. The van der Waals surface area contributed by atoms with E-state index in [1.165, 1.54) is 0 Å². The van der Waals surface area contributed by atoms with Crippen molar-refractivity contribution in [1.82, 2.24) is 4.90 Å². The summed E-state index contributed by atoms with van der Waals surface area (Å²) < 4.78 is 5.42. The van der Waals surface area contributed by atoms with Gasteiger partial charge in [-0.3, -0.25) is 4.79 Å². The van der Waals surface area contributed by atoms with Crippen molar-refractivity contribution >= 4 is 17.5 Å². The summed E-state index contributed by atoms with van der Waals surface area (Å²) in [5.74, 6) is 0.0384. The lowest BCUT2D eigenvalue weighted by Crippen LogP contribution is -2.52. The van der Waals surface area contributed by atoms with E-state index in [2.05, 4.69) is 0 Å². The van der Waals surface area contributed by atoms with Gasteiger partial charge in [-0.05, 0) is 24.6 Å². The minimum atomic E-state index is -0.278. The monoisotopic (exact) mass is 283 g/mol. The van der Waals surface area contributed by atoms with Gasteiger partial charge in [0, 0.05) is 11.6 Å². The molecule has 4 nitrogen and oxygen atoms in total. The number of aliphatic hydroxyl groups is 1. The van der Waals surface area contributed by atoms with Crippen molar-refractivity contribution in [2.24, 2.45) is 0 Å². The molecule has 104 valence electrons. The number of benzene rings is 1. The number of carbonyl (C=O) groups excluding carboxylic acids is 1. The minimum absolute atomic E-state index is 0.0366. The maximum Gasteiger partial charge on any atom is 0.227 e. The number of carbonyl (C=O) groups is 1. The minimum Gasteiger partial charge on any atom is -0.394 e. The molecular weight excluding hydrogens is 266 g/mol. The molecule has 2 rings (SSSR count). The van der Waals surface area contributed by atoms with E-state index >= 15 is 0 Å². The molecule has 1 fully saturated rings. The van der Waals surface area contributed by atoms with E-state index in [0.717, 1.165) is 5.56 Å². The van der Waals surface area contributed by atoms with Crippen molar-refractivity contribution < 1.29 is 14.6 Å². The molecule has 0 radical (unpaired) electrons. The molecule has 1 amide bonds. The van der Waals surface area contributed by atoms with Crippen molar-refractivity contribution in [3.8, 4) is 0 Å². The van der Waals surface area contributed by atoms with Gasteiger partial charge in [0.2, 0.25) is 5.91 Å². The lowest BCUT2D eigenvalue weighted by Gasteiger charge is -2.37. The topological polar surface area (TPSA) is 49.8 Å². The van der Waals surface area contributed by atoms with Gasteiger partial charge in [0.1, 0.15) is 0 Å². The SMILES string of the molecule is CC1COC(CO)CN1C(=O)Cc1cccc(Cl)c1. The highest BCUT2D eigenvalue weighted by Gasteiger charge is 2.29. The third kappa shape index (κ3) is 3.69. The number of rotatable bonds is 3. The van der Waals surface area contributed by atoms with Crippen LogP contribution in [0.5, 0.6) is 0 Å². The second-order valence-electron chi connectivity index (χ2n) is 4.84. The molecule has 1 saturated heterocycles. The van der Waals surface area contributed by atoms with Crippen LogP contribution in [0.2, 0.25) is 5.02 Å². The number of amides is 1. The van der Waals surface area contributed by atoms with Crippen LogP contribution >= 0.6 is 11.6 Å². The molecule has 0 aliphatic carbocycles. The number of morpholine rings is 1. The number of ether oxygens (including phenoxy) is 1. The van der Waals surface area contributed by atoms with Crippen LogP contribution in [0.25, 0.3) is 0 Å². The first-order valence-corrected chi connectivity index (χ1v) is 6.74. The molecular formula is C14H18ClNO3. The summed E-state index contributed by atoms with van der Waals surface area (Å²) in [5, 5.41) is 9.76. The highest BCUT2D eigenvalue weighted by atomic mass is 35.5. The van der Waals surface area contributed by atoms with Crippen molar-refractivity contribution in [3.63, 3.8) is 0 Å². The van der Waals surface area contributed by atoms with Crippen LogP contribution in [0.15, 0.2) is 24.3 Å². The van der Waals surface area contributed by atoms with E-state index < -0.39 is 0 Å². The molecule has 1 heterocycles. The van der Waals surface area contributed by atoms with Gasteiger partial charge in [-0.25, -0.2) is 0 Å². The van der Waals surface area contributed by atoms with Crippen LogP contribution in [0.1, 0.15) is 12.5 Å². The Morgan fingerprint density at radius 1 is 1.58 bits per heavy atom. The zero-order valence-electron chi connectivity index (χ0n) is 10.9. The Morgan fingerprint density at radius 2 is 2.37 bits per heavy atom. The van der Waals surface area contributed by atoms with E-state index in [9.17, 15) is 4.79 Å². The lowest BCUT2D eigenvalue weighted by atomic mass is 10.1. The lowest BCUT2D eigenvalue weighted by molar-refractivity contribution is -0.145. The van der Waals surface area contributed by atoms with Crippen LogP contribution in [-0.2, 0) is 16.0 Å². The summed E-state index contributed by atoms with van der Waals surface area (Å²) in [6.07, 6.45) is 0.0442. The second-order valence-corrected chi connectivity index (χ2v) is 5.28. The van der Waals surface area contributed by atoms with E-state index in [1.54, 1.807) is 17.0 Å². The van der Waals surface area contributed by atoms with E-state index in [4.69, 9.17) is 21.4 Å². The number of hydrogen-bond donors (Lipinski definition) is 1.